The highest BCUT2D eigenvalue weighted by molar-refractivity contribution is 5.91. The number of carbonyl (C=O) groups excluding carboxylic acids is 2. The molecule has 0 radical (unpaired) electrons. The molecule has 1 saturated carbocycles. The lowest BCUT2D eigenvalue weighted by Gasteiger charge is -2.19. The molecule has 4 rings (SSSR count). The molecule has 0 spiro atoms. The Morgan fingerprint density at radius 3 is 2.77 bits per heavy atom. The van der Waals surface area contributed by atoms with Crippen LogP contribution in [0.3, 0.4) is 0 Å². The highest BCUT2D eigenvalue weighted by Gasteiger charge is 2.56. The van der Waals surface area contributed by atoms with Crippen LogP contribution in [0.25, 0.3) is 0 Å². The van der Waals surface area contributed by atoms with E-state index in [0.717, 1.165) is 31.5 Å². The lowest BCUT2D eigenvalue weighted by atomic mass is 10.2. The maximum absolute atomic E-state index is 12.4. The van der Waals surface area contributed by atoms with Gasteiger partial charge in [-0.3, -0.25) is 19.3 Å². The zero-order valence-corrected chi connectivity index (χ0v) is 14.5. The van der Waals surface area contributed by atoms with Gasteiger partial charge in [0.15, 0.2) is 0 Å². The zero-order chi connectivity index (χ0) is 18.3. The topological polar surface area (TPSA) is 113 Å². The number of hydrogen-bond acceptors (Lipinski definition) is 5. The molecule has 0 bridgehead atoms. The SMILES string of the molecule is CCn1cc(CC(=O)N2CC3C(CNC(=O)c4coc(=O)[nH]4)C3C2)cn1. The summed E-state index contributed by atoms with van der Waals surface area (Å²) in [6.07, 6.45) is 5.16. The van der Waals surface area contributed by atoms with Crippen molar-refractivity contribution in [2.24, 2.45) is 17.8 Å². The van der Waals surface area contributed by atoms with Crippen molar-refractivity contribution in [1.82, 2.24) is 25.0 Å². The molecule has 1 saturated heterocycles. The van der Waals surface area contributed by atoms with E-state index in [4.69, 9.17) is 0 Å². The van der Waals surface area contributed by atoms with Crippen molar-refractivity contribution < 1.29 is 14.0 Å². The van der Waals surface area contributed by atoms with E-state index in [2.05, 4.69) is 19.8 Å². The first-order chi connectivity index (χ1) is 12.5. The Morgan fingerprint density at radius 2 is 2.15 bits per heavy atom. The number of piperidine rings is 1. The minimum atomic E-state index is -0.642. The minimum Gasteiger partial charge on any atom is -0.416 e. The zero-order valence-electron chi connectivity index (χ0n) is 14.5. The molecule has 2 unspecified atom stereocenters. The number of aromatic amines is 1. The van der Waals surface area contributed by atoms with Gasteiger partial charge in [0.05, 0.1) is 12.6 Å². The molecule has 2 aliphatic rings. The predicted molar refractivity (Wildman–Crippen MR) is 90.3 cm³/mol. The van der Waals surface area contributed by atoms with Crippen LogP contribution in [0.4, 0.5) is 0 Å². The summed E-state index contributed by atoms with van der Waals surface area (Å²) in [5.41, 5.74) is 1.07. The largest absolute Gasteiger partial charge is 0.416 e. The number of amides is 2. The first kappa shape index (κ1) is 16.6. The third kappa shape index (κ3) is 3.16. The molecule has 138 valence electrons. The van der Waals surface area contributed by atoms with Crippen molar-refractivity contribution in [3.8, 4) is 0 Å². The molecule has 2 aromatic rings. The van der Waals surface area contributed by atoms with E-state index in [1.165, 1.54) is 0 Å². The standard InChI is InChI=1S/C17H21N5O4/c1-2-22-6-10(4-19-22)3-15(23)21-7-12-11(13(12)8-21)5-18-16(24)14-9-26-17(25)20-14/h4,6,9,11-13H,2-3,5,7-8H2,1H3,(H,18,24)(H,20,25). The van der Waals surface area contributed by atoms with Crippen LogP contribution < -0.4 is 11.1 Å². The molecule has 26 heavy (non-hydrogen) atoms. The highest BCUT2D eigenvalue weighted by atomic mass is 16.4. The molecule has 2 amide bonds. The third-order valence-electron chi connectivity index (χ3n) is 5.35. The lowest BCUT2D eigenvalue weighted by molar-refractivity contribution is -0.130. The van der Waals surface area contributed by atoms with Crippen molar-refractivity contribution in [2.45, 2.75) is 19.9 Å². The van der Waals surface area contributed by atoms with Gasteiger partial charge < -0.3 is 14.6 Å². The number of carbonyl (C=O) groups is 2. The fourth-order valence-electron chi connectivity index (χ4n) is 3.81. The summed E-state index contributed by atoms with van der Waals surface area (Å²) in [6, 6.07) is 0. The Morgan fingerprint density at radius 1 is 1.38 bits per heavy atom. The minimum absolute atomic E-state index is 0.130. The van der Waals surface area contributed by atoms with Gasteiger partial charge in [0.25, 0.3) is 5.91 Å². The Bertz CT molecular complexity index is 870. The van der Waals surface area contributed by atoms with Crippen LogP contribution in [0.5, 0.6) is 0 Å². The van der Waals surface area contributed by atoms with Crippen LogP contribution in [-0.4, -0.2) is 51.1 Å². The number of likely N-dealkylation sites (tertiary alicyclic amines) is 1. The molecular formula is C17H21N5O4. The van der Waals surface area contributed by atoms with E-state index >= 15 is 0 Å². The Labute approximate surface area is 149 Å². The molecule has 1 aliphatic carbocycles. The van der Waals surface area contributed by atoms with Gasteiger partial charge in [-0.15, -0.1) is 0 Å². The highest BCUT2D eigenvalue weighted by Crippen LogP contribution is 2.51. The molecule has 9 nitrogen and oxygen atoms in total. The fourth-order valence-corrected chi connectivity index (χ4v) is 3.81. The Kier molecular flexibility index (Phi) is 4.14. The lowest BCUT2D eigenvalue weighted by Crippen LogP contribution is -2.35. The molecule has 3 heterocycles. The summed E-state index contributed by atoms with van der Waals surface area (Å²) in [5, 5.41) is 7.01. The van der Waals surface area contributed by atoms with E-state index < -0.39 is 5.76 Å². The van der Waals surface area contributed by atoms with Crippen molar-refractivity contribution in [2.75, 3.05) is 19.6 Å². The second-order valence-corrected chi connectivity index (χ2v) is 6.94. The van der Waals surface area contributed by atoms with Crippen LogP contribution >= 0.6 is 0 Å². The summed E-state index contributed by atoms with van der Waals surface area (Å²) in [6.45, 7) is 4.84. The van der Waals surface area contributed by atoms with Crippen LogP contribution in [0.1, 0.15) is 23.0 Å². The van der Waals surface area contributed by atoms with Crippen molar-refractivity contribution in [3.63, 3.8) is 0 Å². The van der Waals surface area contributed by atoms with Crippen LogP contribution in [0.15, 0.2) is 27.9 Å². The molecular weight excluding hydrogens is 338 g/mol. The van der Waals surface area contributed by atoms with Gasteiger partial charge in [-0.1, -0.05) is 0 Å². The quantitative estimate of drug-likeness (QED) is 0.745. The Hall–Kier alpha value is -2.84. The molecule has 2 fully saturated rings. The average Bonchev–Trinajstić information content (AvgIpc) is 3.11. The number of rotatable bonds is 6. The molecule has 1 aliphatic heterocycles. The van der Waals surface area contributed by atoms with Gasteiger partial charge in [-0.2, -0.15) is 5.10 Å². The Balaban J connectivity index is 1.22. The van der Waals surface area contributed by atoms with Gasteiger partial charge in [0.1, 0.15) is 12.0 Å². The fraction of sp³-hybridized carbons (Fsp3) is 0.529. The van der Waals surface area contributed by atoms with E-state index in [1.54, 1.807) is 6.20 Å². The number of H-pyrrole nitrogens is 1. The van der Waals surface area contributed by atoms with Crippen LogP contribution in [0.2, 0.25) is 0 Å². The maximum Gasteiger partial charge on any atom is 0.416 e. The van der Waals surface area contributed by atoms with Gasteiger partial charge in [0, 0.05) is 32.4 Å². The smallest absolute Gasteiger partial charge is 0.416 e. The molecule has 0 aromatic carbocycles. The first-order valence-corrected chi connectivity index (χ1v) is 8.80. The predicted octanol–water partition coefficient (Wildman–Crippen LogP) is -0.139. The summed E-state index contributed by atoms with van der Waals surface area (Å²) in [7, 11) is 0. The monoisotopic (exact) mass is 359 g/mol. The van der Waals surface area contributed by atoms with E-state index in [-0.39, 0.29) is 17.5 Å². The first-order valence-electron chi connectivity index (χ1n) is 8.80. The third-order valence-corrected chi connectivity index (χ3v) is 5.35. The number of aryl methyl sites for hydroxylation is 1. The normalized spacial score (nSPS) is 23.7. The second-order valence-electron chi connectivity index (χ2n) is 6.94. The van der Waals surface area contributed by atoms with E-state index in [1.807, 2.05) is 22.7 Å². The van der Waals surface area contributed by atoms with E-state index in [0.29, 0.717) is 30.7 Å². The molecule has 2 N–H and O–H groups in total. The summed E-state index contributed by atoms with van der Waals surface area (Å²) >= 11 is 0. The summed E-state index contributed by atoms with van der Waals surface area (Å²) in [4.78, 5) is 39.5. The van der Waals surface area contributed by atoms with Crippen molar-refractivity contribution in [1.29, 1.82) is 0 Å². The van der Waals surface area contributed by atoms with Crippen molar-refractivity contribution in [3.05, 3.63) is 40.5 Å². The average molecular weight is 359 g/mol. The van der Waals surface area contributed by atoms with Gasteiger partial charge in [-0.25, -0.2) is 4.79 Å². The van der Waals surface area contributed by atoms with Crippen LogP contribution in [0, 0.1) is 17.8 Å². The summed E-state index contributed by atoms with van der Waals surface area (Å²) in [5.74, 6) is 0.428. The van der Waals surface area contributed by atoms with Gasteiger partial charge in [-0.05, 0) is 30.2 Å². The number of aromatic nitrogens is 3. The summed E-state index contributed by atoms with van der Waals surface area (Å²) < 4.78 is 6.37. The number of fused-ring (bicyclic) bond motifs is 1. The molecule has 2 aromatic heterocycles. The van der Waals surface area contributed by atoms with Crippen molar-refractivity contribution >= 4 is 11.8 Å². The second kappa shape index (κ2) is 6.47. The molecule has 9 heteroatoms. The molecule has 2 atom stereocenters. The number of hydrogen-bond donors (Lipinski definition) is 2. The van der Waals surface area contributed by atoms with Gasteiger partial charge >= 0.3 is 5.76 Å². The number of oxazole rings is 1. The number of nitrogens with one attached hydrogen (secondary N) is 2. The maximum atomic E-state index is 12.4. The van der Waals surface area contributed by atoms with E-state index in [9.17, 15) is 14.4 Å². The van der Waals surface area contributed by atoms with Crippen LogP contribution in [-0.2, 0) is 17.8 Å². The number of nitrogens with zero attached hydrogens (tertiary/aromatic N) is 3. The van der Waals surface area contributed by atoms with Gasteiger partial charge in [0.2, 0.25) is 5.91 Å².